The third-order valence-electron chi connectivity index (χ3n) is 3.59. The molecular formula is C19H11F4N3O. The van der Waals surface area contributed by atoms with Gasteiger partial charge in [-0.1, -0.05) is 19.1 Å². The van der Waals surface area contributed by atoms with Crippen LogP contribution in [-0.4, -0.2) is 11.7 Å². The molecule has 2 rings (SSSR count). The SMILES string of the molecule is CC/C=C(/C#N)c1c(F)c(F)c(F)c(F)c1C(=O)C(=C=[N-])[n+]1ccccc1. The summed E-state index contributed by atoms with van der Waals surface area (Å²) in [7, 11) is 0. The van der Waals surface area contributed by atoms with Gasteiger partial charge in [0.05, 0.1) is 17.2 Å². The number of rotatable bonds is 5. The van der Waals surface area contributed by atoms with E-state index in [9.17, 15) is 33.0 Å². The van der Waals surface area contributed by atoms with Crippen molar-refractivity contribution in [2.24, 2.45) is 0 Å². The van der Waals surface area contributed by atoms with Crippen LogP contribution in [0.3, 0.4) is 0 Å². The van der Waals surface area contributed by atoms with Crippen LogP contribution in [0.1, 0.15) is 29.3 Å². The Bertz CT molecular complexity index is 1030. The minimum atomic E-state index is -2.20. The van der Waals surface area contributed by atoms with Crippen molar-refractivity contribution in [3.05, 3.63) is 76.5 Å². The first-order chi connectivity index (χ1) is 12.9. The van der Waals surface area contributed by atoms with Crippen LogP contribution in [-0.2, 0) is 0 Å². The molecule has 1 heterocycles. The fourth-order valence-electron chi connectivity index (χ4n) is 2.40. The number of halogens is 4. The largest absolute Gasteiger partial charge is 0.758 e. The Labute approximate surface area is 151 Å². The second-order valence-corrected chi connectivity index (χ2v) is 5.22. The summed E-state index contributed by atoms with van der Waals surface area (Å²) in [6.45, 7) is 1.57. The quantitative estimate of drug-likeness (QED) is 0.117. The van der Waals surface area contributed by atoms with E-state index in [2.05, 4.69) is 0 Å². The van der Waals surface area contributed by atoms with E-state index in [1.54, 1.807) is 19.1 Å². The zero-order valence-electron chi connectivity index (χ0n) is 13.9. The van der Waals surface area contributed by atoms with Gasteiger partial charge in [0, 0.05) is 17.7 Å². The Kier molecular flexibility index (Phi) is 6.01. The number of ketones is 1. The van der Waals surface area contributed by atoms with Gasteiger partial charge in [-0.15, -0.1) is 0 Å². The molecule has 0 aliphatic rings. The van der Waals surface area contributed by atoms with Crippen molar-refractivity contribution in [1.29, 1.82) is 5.26 Å². The number of pyridine rings is 1. The monoisotopic (exact) mass is 373 g/mol. The van der Waals surface area contributed by atoms with Crippen molar-refractivity contribution >= 4 is 22.9 Å². The predicted octanol–water partition coefficient (Wildman–Crippen LogP) is 3.81. The Morgan fingerprint density at radius 1 is 1.07 bits per heavy atom. The summed E-state index contributed by atoms with van der Waals surface area (Å²) in [5.41, 5.74) is -3.48. The predicted molar refractivity (Wildman–Crippen MR) is 89.2 cm³/mol. The van der Waals surface area contributed by atoms with Crippen molar-refractivity contribution in [3.8, 4) is 6.07 Å². The number of carbonyl (C=O) groups is 1. The van der Waals surface area contributed by atoms with Crippen molar-refractivity contribution in [1.82, 2.24) is 0 Å². The molecule has 0 aliphatic carbocycles. The van der Waals surface area contributed by atoms with Crippen LogP contribution >= 0.6 is 0 Å². The van der Waals surface area contributed by atoms with Crippen LogP contribution in [0.5, 0.6) is 0 Å². The summed E-state index contributed by atoms with van der Waals surface area (Å²) in [6.07, 6.45) is 3.89. The molecule has 0 fully saturated rings. The van der Waals surface area contributed by atoms with Crippen LogP contribution < -0.4 is 4.57 Å². The minimum Gasteiger partial charge on any atom is -0.758 e. The van der Waals surface area contributed by atoms with E-state index in [1.807, 2.05) is 0 Å². The first kappa shape index (κ1) is 19.8. The molecule has 0 saturated heterocycles. The van der Waals surface area contributed by atoms with E-state index in [4.69, 9.17) is 0 Å². The highest BCUT2D eigenvalue weighted by Gasteiger charge is 2.34. The number of benzene rings is 1. The smallest absolute Gasteiger partial charge is 0.279 e. The lowest BCUT2D eigenvalue weighted by Gasteiger charge is -2.12. The number of allylic oxidation sites excluding steroid dienone is 3. The lowest BCUT2D eigenvalue weighted by atomic mass is 9.93. The average molecular weight is 373 g/mol. The highest BCUT2D eigenvalue weighted by atomic mass is 19.2. The summed E-state index contributed by atoms with van der Waals surface area (Å²) in [6, 6.07) is 6.05. The molecule has 0 spiro atoms. The Morgan fingerprint density at radius 2 is 1.63 bits per heavy atom. The number of carbonyl (C=O) groups excluding carboxylic acids is 1. The molecule has 0 amide bonds. The maximum absolute atomic E-state index is 14.4. The third-order valence-corrected chi connectivity index (χ3v) is 3.59. The lowest BCUT2D eigenvalue weighted by molar-refractivity contribution is -0.575. The van der Waals surface area contributed by atoms with Crippen LogP contribution in [0.15, 0.2) is 36.7 Å². The van der Waals surface area contributed by atoms with Crippen molar-refractivity contribution < 1.29 is 26.9 Å². The van der Waals surface area contributed by atoms with Gasteiger partial charge >= 0.3 is 0 Å². The average Bonchev–Trinajstić information content (AvgIpc) is 2.68. The summed E-state index contributed by atoms with van der Waals surface area (Å²) >= 11 is 0. The van der Waals surface area contributed by atoms with E-state index in [0.717, 1.165) is 10.6 Å². The molecule has 8 heteroatoms. The molecular weight excluding hydrogens is 362 g/mol. The summed E-state index contributed by atoms with van der Waals surface area (Å²) in [4.78, 5) is 12.7. The van der Waals surface area contributed by atoms with Gasteiger partial charge in [-0.25, -0.2) is 17.6 Å². The van der Waals surface area contributed by atoms with Gasteiger partial charge in [0.15, 0.2) is 35.7 Å². The van der Waals surface area contributed by atoms with Gasteiger partial charge in [0.1, 0.15) is 0 Å². The van der Waals surface area contributed by atoms with Crippen LogP contribution in [0.4, 0.5) is 17.6 Å². The Morgan fingerprint density at radius 3 is 2.11 bits per heavy atom. The fourth-order valence-corrected chi connectivity index (χ4v) is 2.40. The van der Waals surface area contributed by atoms with Gasteiger partial charge in [0.2, 0.25) is 0 Å². The molecule has 0 radical (unpaired) electrons. The summed E-state index contributed by atoms with van der Waals surface area (Å²) in [5, 5.41) is 18.5. The van der Waals surface area contributed by atoms with E-state index in [-0.39, 0.29) is 6.42 Å². The molecule has 0 saturated carbocycles. The zero-order valence-corrected chi connectivity index (χ0v) is 13.9. The van der Waals surface area contributed by atoms with Gasteiger partial charge in [-0.05, 0) is 6.42 Å². The topological polar surface area (TPSA) is 67.0 Å². The molecule has 27 heavy (non-hydrogen) atoms. The first-order valence-corrected chi connectivity index (χ1v) is 7.63. The molecule has 0 atom stereocenters. The van der Waals surface area contributed by atoms with Gasteiger partial charge < -0.3 is 5.41 Å². The van der Waals surface area contributed by atoms with Crippen molar-refractivity contribution in [2.45, 2.75) is 13.3 Å². The van der Waals surface area contributed by atoms with Crippen LogP contribution in [0.2, 0.25) is 0 Å². The maximum atomic E-state index is 14.4. The third kappa shape index (κ3) is 3.54. The number of aromatic nitrogens is 1. The number of hydrogen-bond donors (Lipinski definition) is 0. The molecule has 1 aromatic carbocycles. The number of nitrogens with zero attached hydrogens (tertiary/aromatic N) is 3. The van der Waals surface area contributed by atoms with E-state index in [0.29, 0.717) is 0 Å². The standard InChI is InChI=1S/C19H11F4N3O/c1-2-6-11(9-24)13-14(16(21)18(23)17(22)15(13)20)19(27)12(10-25)26-7-4-3-5-8-26/h3-8H,2H2,1H3/b11-6-. The van der Waals surface area contributed by atoms with Gasteiger partial charge in [-0.3, -0.25) is 4.79 Å². The molecule has 0 bridgehead atoms. The molecule has 4 nitrogen and oxygen atoms in total. The molecule has 136 valence electrons. The maximum Gasteiger partial charge on any atom is 0.279 e. The van der Waals surface area contributed by atoms with E-state index >= 15 is 0 Å². The Balaban J connectivity index is 2.87. The second kappa shape index (κ2) is 8.21. The summed E-state index contributed by atoms with van der Waals surface area (Å²) in [5.74, 6) is -8.07. The number of nitriles is 1. The normalized spacial score (nSPS) is 10.9. The van der Waals surface area contributed by atoms with Crippen molar-refractivity contribution in [3.63, 3.8) is 0 Å². The summed E-state index contributed by atoms with van der Waals surface area (Å²) < 4.78 is 57.3. The minimum absolute atomic E-state index is 0.179. The number of hydrogen-bond acceptors (Lipinski definition) is 2. The number of Topliss-reactive ketones (excluding diaryl/α,β-unsaturated/α-hetero) is 1. The molecule has 0 N–H and O–H groups in total. The molecule has 1 aromatic heterocycles. The molecule has 0 aliphatic heterocycles. The lowest BCUT2D eigenvalue weighted by Crippen LogP contribution is -2.36. The van der Waals surface area contributed by atoms with Gasteiger partial charge in [0.25, 0.3) is 11.5 Å². The Hall–Kier alpha value is -3.56. The van der Waals surface area contributed by atoms with Crippen molar-refractivity contribution in [2.75, 3.05) is 0 Å². The first-order valence-electron chi connectivity index (χ1n) is 7.63. The highest BCUT2D eigenvalue weighted by Crippen LogP contribution is 2.31. The molecule has 2 aromatic rings. The second-order valence-electron chi connectivity index (χ2n) is 5.22. The van der Waals surface area contributed by atoms with Crippen LogP contribution in [0.25, 0.3) is 16.7 Å². The van der Waals surface area contributed by atoms with E-state index < -0.39 is 51.4 Å². The van der Waals surface area contributed by atoms with E-state index in [1.165, 1.54) is 30.4 Å². The molecule has 0 unspecified atom stereocenters. The fraction of sp³-hybridized carbons (Fsp3) is 0.105. The zero-order chi connectivity index (χ0) is 20.1. The van der Waals surface area contributed by atoms with Crippen LogP contribution in [0, 0.1) is 34.6 Å². The highest BCUT2D eigenvalue weighted by molar-refractivity contribution is 6.29. The van der Waals surface area contributed by atoms with Gasteiger partial charge in [-0.2, -0.15) is 15.7 Å².